The van der Waals surface area contributed by atoms with Gasteiger partial charge in [0.15, 0.2) is 5.82 Å². The van der Waals surface area contributed by atoms with Crippen LogP contribution in [0.3, 0.4) is 0 Å². The average molecular weight is 366 g/mol. The molecule has 0 spiro atoms. The van der Waals surface area contributed by atoms with Crippen LogP contribution in [0.15, 0.2) is 35.5 Å². The van der Waals surface area contributed by atoms with E-state index in [-0.39, 0.29) is 24.6 Å². The Morgan fingerprint density at radius 1 is 1.36 bits per heavy atom. The summed E-state index contributed by atoms with van der Waals surface area (Å²) in [5.41, 5.74) is 0. The summed E-state index contributed by atoms with van der Waals surface area (Å²) in [5.74, 6) is -0.464. The molecule has 1 aromatic carbocycles. The van der Waals surface area contributed by atoms with E-state index in [1.807, 2.05) is 0 Å². The molecule has 0 aliphatic carbocycles. The third kappa shape index (κ3) is 3.64. The van der Waals surface area contributed by atoms with Gasteiger partial charge in [-0.25, -0.2) is 13.4 Å². The molecule has 2 aromatic rings. The van der Waals surface area contributed by atoms with Crippen LogP contribution in [-0.2, 0) is 28.5 Å². The Hall–Kier alpha value is -2.46. The highest BCUT2D eigenvalue weighted by Gasteiger charge is 2.35. The molecule has 134 valence electrons. The summed E-state index contributed by atoms with van der Waals surface area (Å²) in [6, 6.07) is 6.03. The Morgan fingerprint density at radius 2 is 2.08 bits per heavy atom. The predicted octanol–water partition coefficient (Wildman–Crippen LogP) is 0.489. The van der Waals surface area contributed by atoms with Crippen LogP contribution in [0.5, 0.6) is 5.75 Å². The largest absolute Gasteiger partial charge is 0.486 e. The fourth-order valence-corrected chi connectivity index (χ4v) is 4.10. The fraction of sp³-hybridized carbons (Fsp3) is 0.400. The second-order valence-corrected chi connectivity index (χ2v) is 7.68. The highest BCUT2D eigenvalue weighted by atomic mass is 32.2. The number of nitrogens with zero attached hydrogens (tertiary/aromatic N) is 4. The van der Waals surface area contributed by atoms with Gasteiger partial charge in [0, 0.05) is 20.1 Å². The number of hydrogen-bond acceptors (Lipinski definition) is 6. The molecule has 0 radical (unpaired) electrons. The summed E-state index contributed by atoms with van der Waals surface area (Å²) >= 11 is 0. The van der Waals surface area contributed by atoms with Crippen LogP contribution in [0.25, 0.3) is 0 Å². The Labute approximate surface area is 144 Å². The zero-order chi connectivity index (χ0) is 18.0. The average Bonchev–Trinajstić information content (AvgIpc) is 3.23. The van der Waals surface area contributed by atoms with E-state index in [2.05, 4.69) is 10.1 Å². The molecule has 0 amide bonds. The predicted molar refractivity (Wildman–Crippen MR) is 86.3 cm³/mol. The molecular formula is C15H18N4O5S. The second kappa shape index (κ2) is 6.81. The van der Waals surface area contributed by atoms with Crippen molar-refractivity contribution in [2.45, 2.75) is 17.9 Å². The molecule has 2 heterocycles. The van der Waals surface area contributed by atoms with E-state index >= 15 is 0 Å². The lowest BCUT2D eigenvalue weighted by molar-refractivity contribution is -0.141. The van der Waals surface area contributed by atoms with Crippen molar-refractivity contribution < 1.29 is 23.1 Å². The van der Waals surface area contributed by atoms with E-state index in [1.54, 1.807) is 23.9 Å². The fourth-order valence-electron chi connectivity index (χ4n) is 2.60. The molecule has 10 heteroatoms. The first-order valence-corrected chi connectivity index (χ1v) is 9.10. The number of ether oxygens (including phenoxy) is 1. The minimum Gasteiger partial charge on any atom is -0.486 e. The molecule has 1 fully saturated rings. The molecule has 1 saturated heterocycles. The van der Waals surface area contributed by atoms with Crippen molar-refractivity contribution in [2.75, 3.05) is 13.1 Å². The number of aryl methyl sites for hydroxylation is 1. The lowest BCUT2D eigenvalue weighted by Gasteiger charge is -2.16. The first kappa shape index (κ1) is 17.4. The van der Waals surface area contributed by atoms with Crippen molar-refractivity contribution in [3.05, 3.63) is 36.4 Å². The topological polar surface area (TPSA) is 115 Å². The van der Waals surface area contributed by atoms with Crippen LogP contribution in [-0.4, -0.2) is 51.7 Å². The summed E-state index contributed by atoms with van der Waals surface area (Å²) in [5, 5.41) is 12.9. The minimum absolute atomic E-state index is 0.00206. The highest BCUT2D eigenvalue weighted by Crippen LogP contribution is 2.26. The Kier molecular flexibility index (Phi) is 4.73. The molecule has 1 aromatic heterocycles. The summed E-state index contributed by atoms with van der Waals surface area (Å²) in [7, 11) is -1.95. The summed E-state index contributed by atoms with van der Waals surface area (Å²) in [4.78, 5) is 15.2. The van der Waals surface area contributed by atoms with Gasteiger partial charge in [-0.1, -0.05) is 0 Å². The SMILES string of the molecule is Cn1ncnc1COc1ccc(S(=O)(=O)N2CCC(C(=O)O)C2)cc1. The van der Waals surface area contributed by atoms with Crippen molar-refractivity contribution in [2.24, 2.45) is 13.0 Å². The van der Waals surface area contributed by atoms with E-state index in [4.69, 9.17) is 9.84 Å². The van der Waals surface area contributed by atoms with Gasteiger partial charge in [0.1, 0.15) is 18.7 Å². The Bertz CT molecular complexity index is 862. The van der Waals surface area contributed by atoms with Gasteiger partial charge in [0.05, 0.1) is 10.8 Å². The molecule has 0 bridgehead atoms. The maximum Gasteiger partial charge on any atom is 0.307 e. The van der Waals surface area contributed by atoms with Crippen LogP contribution in [0.2, 0.25) is 0 Å². The van der Waals surface area contributed by atoms with Gasteiger partial charge in [-0.3, -0.25) is 9.48 Å². The van der Waals surface area contributed by atoms with Crippen LogP contribution >= 0.6 is 0 Å². The van der Waals surface area contributed by atoms with Crippen LogP contribution in [0.1, 0.15) is 12.2 Å². The summed E-state index contributed by atoms with van der Waals surface area (Å²) in [6.45, 7) is 0.431. The van der Waals surface area contributed by atoms with Gasteiger partial charge < -0.3 is 9.84 Å². The van der Waals surface area contributed by atoms with Gasteiger partial charge in [-0.2, -0.15) is 9.40 Å². The maximum atomic E-state index is 12.6. The smallest absolute Gasteiger partial charge is 0.307 e. The van der Waals surface area contributed by atoms with Crippen LogP contribution in [0.4, 0.5) is 0 Å². The number of carboxylic acids is 1. The van der Waals surface area contributed by atoms with Gasteiger partial charge in [0.25, 0.3) is 0 Å². The lowest BCUT2D eigenvalue weighted by atomic mass is 10.1. The molecule has 1 unspecified atom stereocenters. The quantitative estimate of drug-likeness (QED) is 0.791. The molecule has 9 nitrogen and oxygen atoms in total. The van der Waals surface area contributed by atoms with E-state index in [0.29, 0.717) is 18.0 Å². The first-order valence-electron chi connectivity index (χ1n) is 7.66. The molecule has 1 atom stereocenters. The summed E-state index contributed by atoms with van der Waals surface area (Å²) in [6.07, 6.45) is 1.75. The molecule has 1 aliphatic heterocycles. The number of rotatable bonds is 6. The molecule has 0 saturated carbocycles. The normalized spacial score (nSPS) is 18.4. The monoisotopic (exact) mass is 366 g/mol. The minimum atomic E-state index is -3.70. The van der Waals surface area contributed by atoms with Crippen molar-refractivity contribution in [1.82, 2.24) is 19.1 Å². The third-order valence-corrected chi connectivity index (χ3v) is 6.01. The third-order valence-electron chi connectivity index (χ3n) is 4.13. The van der Waals surface area contributed by atoms with E-state index in [9.17, 15) is 13.2 Å². The second-order valence-electron chi connectivity index (χ2n) is 5.75. The standard InChI is InChI=1S/C15H18N4O5S/c1-18-14(16-10-17-18)9-24-12-2-4-13(5-3-12)25(22,23)19-7-6-11(8-19)15(20)21/h2-5,10-11H,6-9H2,1H3,(H,20,21). The van der Waals surface area contributed by atoms with E-state index in [1.165, 1.54) is 22.8 Å². The lowest BCUT2D eigenvalue weighted by Crippen LogP contribution is -2.30. The van der Waals surface area contributed by atoms with E-state index < -0.39 is 21.9 Å². The first-order chi connectivity index (χ1) is 11.9. The number of aromatic nitrogens is 3. The zero-order valence-electron chi connectivity index (χ0n) is 13.6. The molecule has 3 rings (SSSR count). The van der Waals surface area contributed by atoms with Crippen molar-refractivity contribution in [3.63, 3.8) is 0 Å². The number of hydrogen-bond donors (Lipinski definition) is 1. The highest BCUT2D eigenvalue weighted by molar-refractivity contribution is 7.89. The Balaban J connectivity index is 1.67. The Morgan fingerprint density at radius 3 is 2.64 bits per heavy atom. The van der Waals surface area contributed by atoms with Crippen molar-refractivity contribution in [3.8, 4) is 5.75 Å². The van der Waals surface area contributed by atoms with E-state index in [0.717, 1.165) is 0 Å². The van der Waals surface area contributed by atoms with Gasteiger partial charge in [-0.15, -0.1) is 0 Å². The number of carboxylic acid groups (broad SMARTS) is 1. The maximum absolute atomic E-state index is 12.6. The zero-order valence-corrected chi connectivity index (χ0v) is 14.4. The number of sulfonamides is 1. The number of carbonyl (C=O) groups is 1. The van der Waals surface area contributed by atoms with Crippen molar-refractivity contribution in [1.29, 1.82) is 0 Å². The summed E-state index contributed by atoms with van der Waals surface area (Å²) < 4.78 is 33.5. The van der Waals surface area contributed by atoms with Gasteiger partial charge in [-0.05, 0) is 30.7 Å². The van der Waals surface area contributed by atoms with Crippen molar-refractivity contribution >= 4 is 16.0 Å². The molecule has 1 aliphatic rings. The molecular weight excluding hydrogens is 348 g/mol. The van der Waals surface area contributed by atoms with Crippen LogP contribution < -0.4 is 4.74 Å². The van der Waals surface area contributed by atoms with Gasteiger partial charge >= 0.3 is 5.97 Å². The molecule has 25 heavy (non-hydrogen) atoms. The van der Waals surface area contributed by atoms with Gasteiger partial charge in [0.2, 0.25) is 10.0 Å². The molecule has 1 N–H and O–H groups in total. The number of aliphatic carboxylic acids is 1. The van der Waals surface area contributed by atoms with Crippen LogP contribution in [0, 0.1) is 5.92 Å². The number of benzene rings is 1.